The van der Waals surface area contributed by atoms with Crippen LogP contribution < -0.4 is 10.5 Å². The Bertz CT molecular complexity index is 1130. The zero-order valence-electron chi connectivity index (χ0n) is 16.5. The number of carbonyl (C=O) groups is 1. The van der Waals surface area contributed by atoms with Crippen LogP contribution in [-0.2, 0) is 17.5 Å². The van der Waals surface area contributed by atoms with Crippen LogP contribution in [0.2, 0.25) is 0 Å². The molecule has 0 spiro atoms. The molecule has 0 N–H and O–H groups in total. The van der Waals surface area contributed by atoms with E-state index in [1.165, 1.54) is 28.3 Å². The third-order valence-corrected chi connectivity index (χ3v) is 6.09. The van der Waals surface area contributed by atoms with Gasteiger partial charge in [0.15, 0.2) is 0 Å². The summed E-state index contributed by atoms with van der Waals surface area (Å²) >= 11 is 1.39. The molecule has 3 aromatic heterocycles. The zero-order chi connectivity index (χ0) is 22.0. The second-order valence-electron chi connectivity index (χ2n) is 7.26. The topological polar surface area (TPSA) is 71.3 Å². The number of hydrogen-bond donors (Lipinski definition) is 0. The molecule has 1 saturated heterocycles. The van der Waals surface area contributed by atoms with E-state index in [-0.39, 0.29) is 24.4 Å². The van der Waals surface area contributed by atoms with Gasteiger partial charge < -0.3 is 9.80 Å². The molecule has 0 aliphatic carbocycles. The molecule has 164 valence electrons. The van der Waals surface area contributed by atoms with Crippen LogP contribution in [0.15, 0.2) is 40.9 Å². The van der Waals surface area contributed by atoms with Crippen molar-refractivity contribution in [2.24, 2.45) is 0 Å². The average molecular weight is 451 g/mol. The number of halogens is 3. The molecule has 4 heterocycles. The lowest BCUT2D eigenvalue weighted by Crippen LogP contribution is -2.36. The molecule has 7 nitrogen and oxygen atoms in total. The summed E-state index contributed by atoms with van der Waals surface area (Å²) < 4.78 is 39.6. The first-order chi connectivity index (χ1) is 14.8. The third-order valence-electron chi connectivity index (χ3n) is 5.26. The van der Waals surface area contributed by atoms with Gasteiger partial charge >= 0.3 is 6.18 Å². The minimum atomic E-state index is -4.42. The van der Waals surface area contributed by atoms with Gasteiger partial charge in [0.2, 0.25) is 5.91 Å². The van der Waals surface area contributed by atoms with Crippen molar-refractivity contribution in [1.29, 1.82) is 0 Å². The lowest BCUT2D eigenvalue weighted by atomic mass is 10.2. The fourth-order valence-corrected chi connectivity index (χ4v) is 4.29. The molecule has 0 saturated carbocycles. The van der Waals surface area contributed by atoms with Gasteiger partial charge in [-0.05, 0) is 30.0 Å². The van der Waals surface area contributed by atoms with E-state index in [2.05, 4.69) is 9.97 Å². The Labute approximate surface area is 179 Å². The largest absolute Gasteiger partial charge is 0.417 e. The van der Waals surface area contributed by atoms with Crippen molar-refractivity contribution in [2.45, 2.75) is 25.6 Å². The molecule has 1 fully saturated rings. The fourth-order valence-electron chi connectivity index (χ4n) is 3.56. The number of hydrogen-bond acceptors (Lipinski definition) is 6. The number of nitrogens with zero attached hydrogens (tertiary/aromatic N) is 5. The summed E-state index contributed by atoms with van der Waals surface area (Å²) in [6, 6.07) is 4.11. The summed E-state index contributed by atoms with van der Waals surface area (Å²) in [6.07, 6.45) is -1.26. The predicted molar refractivity (Wildman–Crippen MR) is 111 cm³/mol. The molecule has 3 aromatic rings. The van der Waals surface area contributed by atoms with Gasteiger partial charge in [-0.1, -0.05) is 0 Å². The summed E-state index contributed by atoms with van der Waals surface area (Å²) in [5, 5.41) is 2.36. The van der Waals surface area contributed by atoms with Crippen molar-refractivity contribution in [2.75, 3.05) is 31.1 Å². The molecule has 31 heavy (non-hydrogen) atoms. The molecule has 0 unspecified atom stereocenters. The predicted octanol–water partition coefficient (Wildman–Crippen LogP) is 3.00. The molecular formula is C20H20F3N5O2S. The number of alkyl halides is 3. The van der Waals surface area contributed by atoms with E-state index in [0.29, 0.717) is 48.6 Å². The van der Waals surface area contributed by atoms with E-state index in [1.54, 1.807) is 11.0 Å². The minimum Gasteiger partial charge on any atom is -0.355 e. The monoisotopic (exact) mass is 451 g/mol. The Balaban J connectivity index is 1.35. The maximum Gasteiger partial charge on any atom is 0.417 e. The molecule has 0 radical (unpaired) electrons. The second-order valence-corrected chi connectivity index (χ2v) is 8.15. The molecule has 0 bridgehead atoms. The summed E-state index contributed by atoms with van der Waals surface area (Å²) in [5.41, 5.74) is -0.942. The molecule has 1 aliphatic heterocycles. The first-order valence-electron chi connectivity index (χ1n) is 9.81. The number of carbonyl (C=O) groups excluding carboxylic acids is 1. The Morgan fingerprint density at radius 2 is 1.94 bits per heavy atom. The van der Waals surface area contributed by atoms with Gasteiger partial charge in [-0.2, -0.15) is 13.2 Å². The first kappa shape index (κ1) is 21.3. The fraction of sp³-hybridized carbons (Fsp3) is 0.400. The third kappa shape index (κ3) is 4.71. The Hall–Kier alpha value is -2.95. The van der Waals surface area contributed by atoms with Crippen LogP contribution in [0, 0.1) is 0 Å². The van der Waals surface area contributed by atoms with E-state index < -0.39 is 11.7 Å². The SMILES string of the molecule is O=C(CCn1cnc2sccc2c1=O)N1CCCN(c2ccc(C(F)(F)F)cn2)CC1. The highest BCUT2D eigenvalue weighted by molar-refractivity contribution is 7.16. The van der Waals surface area contributed by atoms with Crippen molar-refractivity contribution in [3.63, 3.8) is 0 Å². The minimum absolute atomic E-state index is 0.0699. The quantitative estimate of drug-likeness (QED) is 0.610. The maximum absolute atomic E-state index is 12.7. The molecule has 1 amide bonds. The van der Waals surface area contributed by atoms with E-state index in [0.717, 1.165) is 12.3 Å². The van der Waals surface area contributed by atoms with Crippen molar-refractivity contribution < 1.29 is 18.0 Å². The maximum atomic E-state index is 12.7. The highest BCUT2D eigenvalue weighted by Crippen LogP contribution is 2.29. The molecule has 4 rings (SSSR count). The van der Waals surface area contributed by atoms with E-state index >= 15 is 0 Å². The standard InChI is InChI=1S/C20H20F3N5O2S/c21-20(22,23)14-2-3-16(24-12-14)26-6-1-7-27(10-9-26)17(29)4-8-28-13-25-18-15(19(28)30)5-11-31-18/h2-3,5,11-13H,1,4,6-10H2. The number of thiophene rings is 1. The van der Waals surface area contributed by atoms with Crippen LogP contribution in [-0.4, -0.2) is 51.5 Å². The summed E-state index contributed by atoms with van der Waals surface area (Å²) in [7, 11) is 0. The van der Waals surface area contributed by atoms with Gasteiger partial charge in [-0.3, -0.25) is 14.2 Å². The Morgan fingerprint density at radius 3 is 2.68 bits per heavy atom. The van der Waals surface area contributed by atoms with Gasteiger partial charge in [-0.25, -0.2) is 9.97 Å². The highest BCUT2D eigenvalue weighted by Gasteiger charge is 2.31. The number of fused-ring (bicyclic) bond motifs is 1. The van der Waals surface area contributed by atoms with Crippen molar-refractivity contribution in [3.8, 4) is 0 Å². The van der Waals surface area contributed by atoms with Crippen molar-refractivity contribution in [3.05, 3.63) is 52.0 Å². The summed E-state index contributed by atoms with van der Waals surface area (Å²) in [5.74, 6) is 0.392. The van der Waals surface area contributed by atoms with Crippen molar-refractivity contribution in [1.82, 2.24) is 19.4 Å². The van der Waals surface area contributed by atoms with Crippen LogP contribution in [0.5, 0.6) is 0 Å². The Morgan fingerprint density at radius 1 is 1.10 bits per heavy atom. The van der Waals surface area contributed by atoms with Crippen LogP contribution in [0.4, 0.5) is 19.0 Å². The average Bonchev–Trinajstić information content (AvgIpc) is 3.09. The molecule has 0 aromatic carbocycles. The number of pyridine rings is 1. The second kappa shape index (κ2) is 8.66. The van der Waals surface area contributed by atoms with Gasteiger partial charge in [0, 0.05) is 45.3 Å². The van der Waals surface area contributed by atoms with Gasteiger partial charge in [0.05, 0.1) is 17.3 Å². The van der Waals surface area contributed by atoms with Crippen LogP contribution in [0.3, 0.4) is 0 Å². The van der Waals surface area contributed by atoms with E-state index in [4.69, 9.17) is 0 Å². The van der Waals surface area contributed by atoms with Gasteiger partial charge in [-0.15, -0.1) is 11.3 Å². The van der Waals surface area contributed by atoms with Crippen LogP contribution in [0.25, 0.3) is 10.2 Å². The molecular weight excluding hydrogens is 431 g/mol. The molecule has 1 aliphatic rings. The number of rotatable bonds is 4. The molecule has 0 atom stereocenters. The smallest absolute Gasteiger partial charge is 0.355 e. The first-order valence-corrected chi connectivity index (χ1v) is 10.7. The van der Waals surface area contributed by atoms with Crippen molar-refractivity contribution >= 4 is 33.3 Å². The summed E-state index contributed by atoms with van der Waals surface area (Å²) in [4.78, 5) is 37.6. The lowest BCUT2D eigenvalue weighted by molar-refractivity contribution is -0.137. The van der Waals surface area contributed by atoms with Crippen LogP contribution in [0.1, 0.15) is 18.4 Å². The lowest BCUT2D eigenvalue weighted by Gasteiger charge is -2.23. The number of amides is 1. The number of aryl methyl sites for hydroxylation is 1. The zero-order valence-corrected chi connectivity index (χ0v) is 17.3. The number of aromatic nitrogens is 3. The normalized spacial score (nSPS) is 15.3. The van der Waals surface area contributed by atoms with E-state index in [9.17, 15) is 22.8 Å². The van der Waals surface area contributed by atoms with E-state index in [1.807, 2.05) is 10.3 Å². The highest BCUT2D eigenvalue weighted by atomic mass is 32.1. The number of anilines is 1. The van der Waals surface area contributed by atoms with Gasteiger partial charge in [0.1, 0.15) is 10.6 Å². The molecule has 11 heteroatoms. The summed E-state index contributed by atoms with van der Waals surface area (Å²) in [6.45, 7) is 2.31. The van der Waals surface area contributed by atoms with Gasteiger partial charge in [0.25, 0.3) is 5.56 Å². The van der Waals surface area contributed by atoms with Crippen LogP contribution >= 0.6 is 11.3 Å². The Kier molecular flexibility index (Phi) is 5.94.